The average molecular weight is 326 g/mol. The maximum absolute atomic E-state index is 11.6. The second-order valence-corrected chi connectivity index (χ2v) is 5.55. The van der Waals surface area contributed by atoms with Crippen LogP contribution in [0, 0.1) is 0 Å². The van der Waals surface area contributed by atoms with Gasteiger partial charge in [0, 0.05) is 35.1 Å². The van der Waals surface area contributed by atoms with Gasteiger partial charge in [0.15, 0.2) is 0 Å². The van der Waals surface area contributed by atoms with Crippen LogP contribution in [0.15, 0.2) is 54.7 Å². The Morgan fingerprint density at radius 2 is 1.87 bits per heavy atom. The highest BCUT2D eigenvalue weighted by molar-refractivity contribution is 6.19. The molecule has 3 rings (SSSR count). The number of hydrogen-bond donors (Lipinski definition) is 2. The van der Waals surface area contributed by atoms with Gasteiger partial charge < -0.3 is 11.1 Å². The van der Waals surface area contributed by atoms with E-state index in [0.29, 0.717) is 18.1 Å². The fraction of sp³-hybridized carbons (Fsp3) is 0.111. The summed E-state index contributed by atoms with van der Waals surface area (Å²) >= 11 is 5.56. The molecule has 0 aliphatic rings. The molecule has 0 unspecified atom stereocenters. The van der Waals surface area contributed by atoms with E-state index in [2.05, 4.69) is 10.3 Å². The highest BCUT2D eigenvalue weighted by Gasteiger charge is 2.09. The zero-order chi connectivity index (χ0) is 16.2. The van der Waals surface area contributed by atoms with Crippen molar-refractivity contribution in [3.05, 3.63) is 54.7 Å². The van der Waals surface area contributed by atoms with Crippen molar-refractivity contribution in [2.45, 2.75) is 6.42 Å². The lowest BCUT2D eigenvalue weighted by atomic mass is 9.99. The first-order chi connectivity index (χ1) is 11.2. The van der Waals surface area contributed by atoms with Crippen molar-refractivity contribution < 1.29 is 4.79 Å². The molecule has 1 aromatic heterocycles. The Kier molecular flexibility index (Phi) is 4.44. The van der Waals surface area contributed by atoms with Crippen LogP contribution in [0.3, 0.4) is 0 Å². The number of anilines is 2. The molecule has 0 saturated heterocycles. The minimum atomic E-state index is -0.0981. The number of benzene rings is 2. The highest BCUT2D eigenvalue weighted by atomic mass is 35.5. The van der Waals surface area contributed by atoms with Gasteiger partial charge in [0.25, 0.3) is 0 Å². The lowest BCUT2D eigenvalue weighted by molar-refractivity contribution is -0.115. The number of halogens is 1. The van der Waals surface area contributed by atoms with E-state index < -0.39 is 0 Å². The molecule has 0 atom stereocenters. The third kappa shape index (κ3) is 3.27. The first-order valence-corrected chi connectivity index (χ1v) is 7.82. The molecule has 5 heteroatoms. The highest BCUT2D eigenvalue weighted by Crippen LogP contribution is 2.32. The summed E-state index contributed by atoms with van der Waals surface area (Å²) in [5, 5.41) is 4.90. The van der Waals surface area contributed by atoms with Crippen LogP contribution < -0.4 is 11.1 Å². The van der Waals surface area contributed by atoms with E-state index in [1.54, 1.807) is 6.20 Å². The molecule has 23 heavy (non-hydrogen) atoms. The first kappa shape index (κ1) is 15.3. The van der Waals surface area contributed by atoms with Crippen molar-refractivity contribution in [3.8, 4) is 11.1 Å². The third-order valence-electron chi connectivity index (χ3n) is 3.61. The largest absolute Gasteiger partial charge is 0.383 e. The maximum atomic E-state index is 11.6. The number of aromatic nitrogens is 1. The molecular formula is C18H16ClN3O. The molecule has 116 valence electrons. The molecule has 0 aliphatic carbocycles. The van der Waals surface area contributed by atoms with Gasteiger partial charge in [-0.15, -0.1) is 11.6 Å². The van der Waals surface area contributed by atoms with Crippen LogP contribution in [-0.2, 0) is 4.79 Å². The number of nitrogen functional groups attached to an aromatic ring is 1. The summed E-state index contributed by atoms with van der Waals surface area (Å²) in [6, 6.07) is 15.5. The quantitative estimate of drug-likeness (QED) is 0.711. The van der Waals surface area contributed by atoms with E-state index in [4.69, 9.17) is 17.3 Å². The summed E-state index contributed by atoms with van der Waals surface area (Å²) < 4.78 is 0. The Balaban J connectivity index is 1.97. The summed E-state index contributed by atoms with van der Waals surface area (Å²) in [6.07, 6.45) is 2.07. The first-order valence-electron chi connectivity index (χ1n) is 7.28. The van der Waals surface area contributed by atoms with Crippen molar-refractivity contribution in [3.63, 3.8) is 0 Å². The van der Waals surface area contributed by atoms with E-state index in [0.717, 1.165) is 27.6 Å². The van der Waals surface area contributed by atoms with Crippen molar-refractivity contribution in [1.82, 2.24) is 4.98 Å². The molecule has 3 aromatic rings. The molecular weight excluding hydrogens is 310 g/mol. The Hall–Kier alpha value is -2.59. The van der Waals surface area contributed by atoms with Crippen LogP contribution in [0.5, 0.6) is 0 Å². The Morgan fingerprint density at radius 1 is 1.13 bits per heavy atom. The SMILES string of the molecule is Nc1ncc2ccccc2c1-c1ccc(NC(=O)CCCl)cc1. The van der Waals surface area contributed by atoms with Crippen LogP contribution >= 0.6 is 11.6 Å². The summed E-state index contributed by atoms with van der Waals surface area (Å²) in [4.78, 5) is 15.8. The number of nitrogens with one attached hydrogen (secondary N) is 1. The number of alkyl halides is 1. The number of hydrogen-bond acceptors (Lipinski definition) is 3. The summed E-state index contributed by atoms with van der Waals surface area (Å²) in [5.74, 6) is 0.698. The molecule has 0 spiro atoms. The van der Waals surface area contributed by atoms with Crippen LogP contribution in [0.1, 0.15) is 6.42 Å². The van der Waals surface area contributed by atoms with Crippen LogP contribution in [0.4, 0.5) is 11.5 Å². The molecule has 0 bridgehead atoms. The van der Waals surface area contributed by atoms with E-state index in [9.17, 15) is 4.79 Å². The maximum Gasteiger partial charge on any atom is 0.225 e. The average Bonchev–Trinajstić information content (AvgIpc) is 2.56. The molecule has 3 N–H and O–H groups in total. The van der Waals surface area contributed by atoms with Crippen LogP contribution in [0.25, 0.3) is 21.9 Å². The zero-order valence-electron chi connectivity index (χ0n) is 12.4. The topological polar surface area (TPSA) is 68.0 Å². The number of carbonyl (C=O) groups excluding carboxylic acids is 1. The van der Waals surface area contributed by atoms with E-state index >= 15 is 0 Å². The molecule has 2 aromatic carbocycles. The van der Waals surface area contributed by atoms with Gasteiger partial charge in [-0.1, -0.05) is 36.4 Å². The number of nitrogens with two attached hydrogens (primary N) is 1. The van der Waals surface area contributed by atoms with Crippen LogP contribution in [-0.4, -0.2) is 16.8 Å². The van der Waals surface area contributed by atoms with Gasteiger partial charge in [0.05, 0.1) is 0 Å². The van der Waals surface area contributed by atoms with Crippen molar-refractivity contribution in [1.29, 1.82) is 0 Å². The predicted octanol–water partition coefficient (Wildman–Crippen LogP) is 4.05. The van der Waals surface area contributed by atoms with Gasteiger partial charge >= 0.3 is 0 Å². The summed E-state index contributed by atoms with van der Waals surface area (Å²) in [7, 11) is 0. The summed E-state index contributed by atoms with van der Waals surface area (Å²) in [5.41, 5.74) is 8.68. The number of rotatable bonds is 4. The smallest absolute Gasteiger partial charge is 0.225 e. The molecule has 1 heterocycles. The van der Waals surface area contributed by atoms with E-state index in [-0.39, 0.29) is 5.91 Å². The number of nitrogens with zero attached hydrogens (tertiary/aromatic N) is 1. The van der Waals surface area contributed by atoms with Crippen molar-refractivity contribution >= 4 is 39.8 Å². The fourth-order valence-electron chi connectivity index (χ4n) is 2.51. The van der Waals surface area contributed by atoms with E-state index in [1.807, 2.05) is 48.5 Å². The lowest BCUT2D eigenvalue weighted by Gasteiger charge is -2.10. The van der Waals surface area contributed by atoms with Crippen molar-refractivity contribution in [2.24, 2.45) is 0 Å². The molecule has 0 saturated carbocycles. The van der Waals surface area contributed by atoms with Gasteiger partial charge in [-0.3, -0.25) is 4.79 Å². The minimum Gasteiger partial charge on any atom is -0.383 e. The van der Waals surface area contributed by atoms with Gasteiger partial charge in [0.1, 0.15) is 5.82 Å². The molecule has 0 radical (unpaired) electrons. The van der Waals surface area contributed by atoms with Gasteiger partial charge in [-0.05, 0) is 23.1 Å². The molecule has 1 amide bonds. The molecule has 0 fully saturated rings. The number of amides is 1. The second-order valence-electron chi connectivity index (χ2n) is 5.17. The van der Waals surface area contributed by atoms with Gasteiger partial charge in [-0.25, -0.2) is 4.98 Å². The number of fused-ring (bicyclic) bond motifs is 1. The fourth-order valence-corrected chi connectivity index (χ4v) is 2.68. The number of pyridine rings is 1. The number of carbonyl (C=O) groups is 1. The third-order valence-corrected chi connectivity index (χ3v) is 3.80. The van der Waals surface area contributed by atoms with Gasteiger partial charge in [0.2, 0.25) is 5.91 Å². The standard InChI is InChI=1S/C18H16ClN3O/c19-10-9-16(23)22-14-7-5-12(6-8-14)17-15-4-2-1-3-13(15)11-21-18(17)20/h1-8,11H,9-10H2,(H2,20,21)(H,22,23). The normalized spacial score (nSPS) is 10.7. The van der Waals surface area contributed by atoms with Crippen LogP contribution in [0.2, 0.25) is 0 Å². The minimum absolute atomic E-state index is 0.0981. The second kappa shape index (κ2) is 6.67. The monoisotopic (exact) mass is 325 g/mol. The lowest BCUT2D eigenvalue weighted by Crippen LogP contribution is -2.11. The Morgan fingerprint density at radius 3 is 2.61 bits per heavy atom. The van der Waals surface area contributed by atoms with Crippen molar-refractivity contribution in [2.75, 3.05) is 16.9 Å². The zero-order valence-corrected chi connectivity index (χ0v) is 13.2. The predicted molar refractivity (Wildman–Crippen MR) is 95.6 cm³/mol. The van der Waals surface area contributed by atoms with E-state index in [1.165, 1.54) is 0 Å². The summed E-state index contributed by atoms with van der Waals surface area (Å²) in [6.45, 7) is 0. The van der Waals surface area contributed by atoms with Gasteiger partial charge in [-0.2, -0.15) is 0 Å². The molecule has 0 aliphatic heterocycles. The Bertz CT molecular complexity index is 847. The Labute approximate surface area is 139 Å². The molecule has 4 nitrogen and oxygen atoms in total.